The predicted octanol–water partition coefficient (Wildman–Crippen LogP) is 3.83. The van der Waals surface area contributed by atoms with Crippen molar-refractivity contribution in [1.82, 2.24) is 9.55 Å². The van der Waals surface area contributed by atoms with Crippen molar-refractivity contribution in [2.45, 2.75) is 25.6 Å². The molecule has 0 amide bonds. The van der Waals surface area contributed by atoms with Gasteiger partial charge in [-0.3, -0.25) is 9.36 Å². The lowest BCUT2D eigenvalue weighted by Gasteiger charge is -2.16. The van der Waals surface area contributed by atoms with E-state index in [4.69, 9.17) is 10.5 Å². The lowest BCUT2D eigenvalue weighted by Crippen LogP contribution is -2.21. The second-order valence-corrected chi connectivity index (χ2v) is 7.39. The van der Waals surface area contributed by atoms with Gasteiger partial charge in [0.05, 0.1) is 29.9 Å². The maximum Gasteiger partial charge on any atom is 0.261 e. The molecule has 0 saturated heterocycles. The van der Waals surface area contributed by atoms with Crippen LogP contribution in [-0.2, 0) is 24.2 Å². The monoisotopic (exact) mass is 399 g/mol. The fraction of sp³-hybridized carbons (Fsp3) is 0.200. The lowest BCUT2D eigenvalue weighted by molar-refractivity contribution is 0.104. The maximum atomic E-state index is 13.1. The normalized spacial score (nSPS) is 12.2. The summed E-state index contributed by atoms with van der Waals surface area (Å²) in [7, 11) is 1.71. The molecular weight excluding hydrogens is 374 g/mol. The zero-order valence-electron chi connectivity index (χ0n) is 17.0. The fourth-order valence-corrected chi connectivity index (χ4v) is 3.72. The molecule has 1 heterocycles. The number of aromatic nitrogens is 2. The molecule has 0 bridgehead atoms. The molecule has 30 heavy (non-hydrogen) atoms. The minimum atomic E-state index is -0.0680. The third kappa shape index (κ3) is 4.32. The number of methoxy groups -OCH3 is 1. The van der Waals surface area contributed by atoms with Gasteiger partial charge >= 0.3 is 0 Å². The van der Waals surface area contributed by atoms with E-state index in [0.29, 0.717) is 30.4 Å². The van der Waals surface area contributed by atoms with Crippen LogP contribution in [0, 0.1) is 0 Å². The van der Waals surface area contributed by atoms with E-state index in [9.17, 15) is 4.79 Å². The summed E-state index contributed by atoms with van der Waals surface area (Å²) in [5, 5.41) is 0.618. The number of benzene rings is 3. The van der Waals surface area contributed by atoms with Crippen molar-refractivity contribution in [2.24, 2.45) is 5.73 Å². The van der Waals surface area contributed by atoms with Crippen molar-refractivity contribution in [3.63, 3.8) is 0 Å². The van der Waals surface area contributed by atoms with E-state index < -0.39 is 0 Å². The first-order valence-electron chi connectivity index (χ1n) is 10.0. The van der Waals surface area contributed by atoms with Crippen LogP contribution in [0.4, 0.5) is 0 Å². The first-order chi connectivity index (χ1) is 14.7. The van der Waals surface area contributed by atoms with Crippen LogP contribution in [0.25, 0.3) is 10.9 Å². The number of nitrogens with two attached hydrogens (primary N) is 1. The molecule has 0 aliphatic rings. The quantitative estimate of drug-likeness (QED) is 0.513. The van der Waals surface area contributed by atoms with Crippen LogP contribution in [0.5, 0.6) is 0 Å². The molecule has 0 aliphatic heterocycles. The Bertz CT molecular complexity index is 1200. The molecule has 0 radical (unpaired) electrons. The molecule has 2 N–H and O–H groups in total. The molecule has 1 aromatic heterocycles. The Balaban J connectivity index is 1.64. The maximum absolute atomic E-state index is 13.1. The highest BCUT2D eigenvalue weighted by molar-refractivity contribution is 5.78. The van der Waals surface area contributed by atoms with Crippen molar-refractivity contribution in [3.8, 4) is 0 Å². The van der Waals surface area contributed by atoms with Crippen LogP contribution < -0.4 is 11.3 Å². The van der Waals surface area contributed by atoms with Crippen molar-refractivity contribution < 1.29 is 4.74 Å². The fourth-order valence-electron chi connectivity index (χ4n) is 3.72. The number of fused-ring (bicyclic) bond motifs is 1. The van der Waals surface area contributed by atoms with Crippen LogP contribution in [0.15, 0.2) is 83.9 Å². The summed E-state index contributed by atoms with van der Waals surface area (Å²) >= 11 is 0. The number of ether oxygens (including phenoxy) is 1. The Hall–Kier alpha value is -3.28. The summed E-state index contributed by atoms with van der Waals surface area (Å²) in [5.41, 5.74) is 10.6. The van der Waals surface area contributed by atoms with E-state index in [-0.39, 0.29) is 11.7 Å². The average Bonchev–Trinajstić information content (AvgIpc) is 2.80. The molecule has 3 aromatic carbocycles. The highest BCUT2D eigenvalue weighted by Crippen LogP contribution is 2.22. The van der Waals surface area contributed by atoms with Gasteiger partial charge in [0.1, 0.15) is 0 Å². The van der Waals surface area contributed by atoms with Gasteiger partial charge in [0.25, 0.3) is 5.56 Å². The molecule has 0 fully saturated rings. The second-order valence-electron chi connectivity index (χ2n) is 7.39. The topological polar surface area (TPSA) is 70.1 Å². The number of hydrogen-bond acceptors (Lipinski definition) is 4. The van der Waals surface area contributed by atoms with Gasteiger partial charge in [-0.05, 0) is 34.4 Å². The van der Waals surface area contributed by atoms with Gasteiger partial charge in [0.15, 0.2) is 0 Å². The third-order valence-corrected chi connectivity index (χ3v) is 5.35. The molecule has 4 aromatic rings. The zero-order chi connectivity index (χ0) is 20.9. The molecule has 1 atom stereocenters. The summed E-state index contributed by atoms with van der Waals surface area (Å²) in [6, 6.07) is 23.9. The van der Waals surface area contributed by atoms with Gasteiger partial charge in [0, 0.05) is 20.1 Å². The Morgan fingerprint density at radius 2 is 1.77 bits per heavy atom. The van der Waals surface area contributed by atoms with Gasteiger partial charge in [-0.15, -0.1) is 0 Å². The van der Waals surface area contributed by atoms with Gasteiger partial charge in [-0.2, -0.15) is 0 Å². The Morgan fingerprint density at radius 1 is 0.967 bits per heavy atom. The van der Waals surface area contributed by atoms with Crippen molar-refractivity contribution in [1.29, 1.82) is 0 Å². The van der Waals surface area contributed by atoms with Crippen molar-refractivity contribution in [3.05, 3.63) is 112 Å². The van der Waals surface area contributed by atoms with E-state index in [1.165, 1.54) is 0 Å². The molecule has 4 rings (SSSR count). The lowest BCUT2D eigenvalue weighted by atomic mass is 10.00. The Labute approximate surface area is 175 Å². The summed E-state index contributed by atoms with van der Waals surface area (Å²) < 4.78 is 7.34. The molecule has 152 valence electrons. The Morgan fingerprint density at radius 3 is 2.53 bits per heavy atom. The second kappa shape index (κ2) is 9.03. The van der Waals surface area contributed by atoms with Crippen LogP contribution >= 0.6 is 0 Å². The number of hydrogen-bond donors (Lipinski definition) is 1. The van der Waals surface area contributed by atoms with Crippen LogP contribution in [0.2, 0.25) is 0 Å². The van der Waals surface area contributed by atoms with Gasteiger partial charge in [-0.1, -0.05) is 60.7 Å². The first kappa shape index (κ1) is 20.0. The van der Waals surface area contributed by atoms with Gasteiger partial charge in [0.2, 0.25) is 0 Å². The largest absolute Gasteiger partial charge is 0.376 e. The summed E-state index contributed by atoms with van der Waals surface area (Å²) in [4.78, 5) is 17.6. The standard InChI is InChI=1S/C25H25N3O2/c1-30-24(21-8-3-2-4-9-21)14-18-10-11-23-22(13-18)25(29)28(17-27-23)16-20-7-5-6-19(12-20)15-26/h2-13,17,24H,14-16,26H2,1H3. The highest BCUT2D eigenvalue weighted by Gasteiger charge is 2.13. The van der Waals surface area contributed by atoms with Crippen LogP contribution in [0.1, 0.15) is 28.4 Å². The summed E-state index contributed by atoms with van der Waals surface area (Å²) in [6.45, 7) is 0.939. The van der Waals surface area contributed by atoms with E-state index >= 15 is 0 Å². The van der Waals surface area contributed by atoms with E-state index in [1.54, 1.807) is 18.0 Å². The first-order valence-corrected chi connectivity index (χ1v) is 10.0. The van der Waals surface area contributed by atoms with Crippen molar-refractivity contribution >= 4 is 10.9 Å². The van der Waals surface area contributed by atoms with E-state index in [1.807, 2.05) is 60.7 Å². The van der Waals surface area contributed by atoms with Gasteiger partial charge < -0.3 is 10.5 Å². The minimum absolute atomic E-state index is 0.0475. The molecular formula is C25H25N3O2. The molecule has 5 heteroatoms. The molecule has 1 unspecified atom stereocenters. The molecule has 5 nitrogen and oxygen atoms in total. The number of nitrogens with zero attached hydrogens (tertiary/aromatic N) is 2. The molecule has 0 saturated carbocycles. The third-order valence-electron chi connectivity index (χ3n) is 5.35. The summed E-state index contributed by atoms with van der Waals surface area (Å²) in [5.74, 6) is 0. The SMILES string of the molecule is COC(Cc1ccc2ncn(Cc3cccc(CN)c3)c(=O)c2c1)c1ccccc1. The van der Waals surface area contributed by atoms with E-state index in [2.05, 4.69) is 17.1 Å². The van der Waals surface area contributed by atoms with Crippen molar-refractivity contribution in [2.75, 3.05) is 7.11 Å². The molecule has 0 aliphatic carbocycles. The van der Waals surface area contributed by atoms with Crippen LogP contribution in [-0.4, -0.2) is 16.7 Å². The van der Waals surface area contributed by atoms with Gasteiger partial charge in [-0.25, -0.2) is 4.98 Å². The number of rotatable bonds is 7. The predicted molar refractivity (Wildman–Crippen MR) is 119 cm³/mol. The highest BCUT2D eigenvalue weighted by atomic mass is 16.5. The van der Waals surface area contributed by atoms with E-state index in [0.717, 1.165) is 22.3 Å². The minimum Gasteiger partial charge on any atom is -0.376 e. The molecule has 0 spiro atoms. The average molecular weight is 399 g/mol. The Kier molecular flexibility index (Phi) is 6.02. The zero-order valence-corrected chi connectivity index (χ0v) is 17.0. The summed E-state index contributed by atoms with van der Waals surface area (Å²) in [6.07, 6.45) is 2.23. The van der Waals surface area contributed by atoms with Crippen LogP contribution in [0.3, 0.4) is 0 Å². The smallest absolute Gasteiger partial charge is 0.261 e.